The molecule has 1 radical (unpaired) electrons. The van der Waals surface area contributed by atoms with Crippen LogP contribution in [0.5, 0.6) is 11.5 Å². The van der Waals surface area contributed by atoms with Crippen molar-refractivity contribution in [3.05, 3.63) is 23.2 Å². The van der Waals surface area contributed by atoms with Crippen LogP contribution >= 0.6 is 11.6 Å². The van der Waals surface area contributed by atoms with Crippen LogP contribution in [0.4, 0.5) is 0 Å². The molecular formula is C8H8ClO2. The lowest BCUT2D eigenvalue weighted by molar-refractivity contribution is 0.394. The number of hydrogen-bond acceptors (Lipinski definition) is 2. The molecule has 1 aromatic rings. The van der Waals surface area contributed by atoms with Crippen molar-refractivity contribution in [1.29, 1.82) is 0 Å². The second-order valence-electron chi connectivity index (χ2n) is 1.89. The highest BCUT2D eigenvalue weighted by Gasteiger charge is 2.05. The van der Waals surface area contributed by atoms with Crippen LogP contribution in [0.15, 0.2) is 12.1 Å². The molecule has 0 aliphatic heterocycles. The lowest BCUT2D eigenvalue weighted by Gasteiger charge is -2.05. The summed E-state index contributed by atoms with van der Waals surface area (Å²) in [4.78, 5) is 0. The summed E-state index contributed by atoms with van der Waals surface area (Å²) >= 11 is 5.83. The quantitative estimate of drug-likeness (QED) is 0.679. The normalized spacial score (nSPS) is 9.36. The second kappa shape index (κ2) is 3.49. The molecule has 0 fully saturated rings. The second-order valence-corrected chi connectivity index (χ2v) is 2.27. The van der Waals surface area contributed by atoms with E-state index in [9.17, 15) is 0 Å². The van der Waals surface area contributed by atoms with E-state index >= 15 is 0 Å². The fourth-order valence-electron chi connectivity index (χ4n) is 0.748. The Morgan fingerprint density at radius 2 is 2.09 bits per heavy atom. The minimum absolute atomic E-state index is 0.456. The van der Waals surface area contributed by atoms with E-state index in [4.69, 9.17) is 21.1 Å². The van der Waals surface area contributed by atoms with Crippen molar-refractivity contribution in [1.82, 2.24) is 0 Å². The van der Waals surface area contributed by atoms with Crippen LogP contribution in [0.2, 0.25) is 5.02 Å². The predicted molar refractivity (Wildman–Crippen MR) is 43.4 cm³/mol. The number of methoxy groups -OCH3 is 2. The fraction of sp³-hybridized carbons (Fsp3) is 0.250. The van der Waals surface area contributed by atoms with Crippen molar-refractivity contribution in [3.8, 4) is 11.5 Å². The van der Waals surface area contributed by atoms with E-state index in [2.05, 4.69) is 6.07 Å². The molecule has 1 rings (SSSR count). The summed E-state index contributed by atoms with van der Waals surface area (Å²) in [7, 11) is 3.10. The molecule has 2 nitrogen and oxygen atoms in total. The Morgan fingerprint density at radius 1 is 1.36 bits per heavy atom. The van der Waals surface area contributed by atoms with Gasteiger partial charge in [0.15, 0.2) is 0 Å². The van der Waals surface area contributed by atoms with Crippen LogP contribution in [0.25, 0.3) is 0 Å². The summed E-state index contributed by atoms with van der Waals surface area (Å²) in [6, 6.07) is 6.25. The number of benzene rings is 1. The Morgan fingerprint density at radius 3 is 2.64 bits per heavy atom. The molecule has 0 heterocycles. The van der Waals surface area contributed by atoms with Crippen LogP contribution in [0.1, 0.15) is 0 Å². The highest BCUT2D eigenvalue weighted by Crippen LogP contribution is 2.32. The first-order chi connectivity index (χ1) is 5.29. The summed E-state index contributed by atoms with van der Waals surface area (Å²) in [6.07, 6.45) is 0. The van der Waals surface area contributed by atoms with Crippen molar-refractivity contribution in [3.63, 3.8) is 0 Å². The van der Waals surface area contributed by atoms with Crippen LogP contribution in [0.3, 0.4) is 0 Å². The van der Waals surface area contributed by atoms with Gasteiger partial charge < -0.3 is 9.47 Å². The van der Waals surface area contributed by atoms with Crippen LogP contribution < -0.4 is 9.47 Å². The lowest BCUT2D eigenvalue weighted by Crippen LogP contribution is -1.88. The van der Waals surface area contributed by atoms with E-state index in [0.717, 1.165) is 0 Å². The highest BCUT2D eigenvalue weighted by molar-refractivity contribution is 6.33. The Bertz CT molecular complexity index is 226. The van der Waals surface area contributed by atoms with E-state index in [1.54, 1.807) is 19.2 Å². The van der Waals surface area contributed by atoms with Crippen molar-refractivity contribution < 1.29 is 9.47 Å². The van der Waals surface area contributed by atoms with E-state index in [0.29, 0.717) is 16.5 Å². The molecular weight excluding hydrogens is 164 g/mol. The van der Waals surface area contributed by atoms with E-state index < -0.39 is 0 Å². The zero-order valence-electron chi connectivity index (χ0n) is 6.35. The Labute approximate surface area is 70.7 Å². The van der Waals surface area contributed by atoms with Crippen LogP contribution in [-0.4, -0.2) is 14.2 Å². The third kappa shape index (κ3) is 1.57. The monoisotopic (exact) mass is 171 g/mol. The molecule has 59 valence electrons. The van der Waals surface area contributed by atoms with Crippen molar-refractivity contribution >= 4 is 11.6 Å². The third-order valence-corrected chi connectivity index (χ3v) is 1.65. The summed E-state index contributed by atoms with van der Waals surface area (Å²) in [5.74, 6) is 1.10. The Hall–Kier alpha value is -0.890. The minimum Gasteiger partial charge on any atom is -0.495 e. The molecule has 0 unspecified atom stereocenters. The Balaban J connectivity index is 3.10. The van der Waals surface area contributed by atoms with Gasteiger partial charge in [0.2, 0.25) is 0 Å². The van der Waals surface area contributed by atoms with Gasteiger partial charge in [-0.25, -0.2) is 0 Å². The Kier molecular flexibility index (Phi) is 2.60. The minimum atomic E-state index is 0.456. The number of hydrogen-bond donors (Lipinski definition) is 0. The molecule has 0 saturated carbocycles. The predicted octanol–water partition coefficient (Wildman–Crippen LogP) is 2.16. The maximum absolute atomic E-state index is 5.83. The molecule has 0 N–H and O–H groups in total. The van der Waals surface area contributed by atoms with Gasteiger partial charge in [-0.3, -0.25) is 0 Å². The smallest absolute Gasteiger partial charge is 0.149 e. The third-order valence-electron chi connectivity index (χ3n) is 1.29. The van der Waals surface area contributed by atoms with Gasteiger partial charge in [-0.15, -0.1) is 0 Å². The highest BCUT2D eigenvalue weighted by atomic mass is 35.5. The summed E-state index contributed by atoms with van der Waals surface area (Å²) in [6.45, 7) is 0. The summed E-state index contributed by atoms with van der Waals surface area (Å²) in [5.41, 5.74) is 0. The lowest BCUT2D eigenvalue weighted by atomic mass is 10.3. The van der Waals surface area contributed by atoms with E-state index in [1.165, 1.54) is 7.11 Å². The molecule has 0 aliphatic rings. The summed E-state index contributed by atoms with van der Waals surface area (Å²) in [5, 5.41) is 0.456. The van der Waals surface area contributed by atoms with Gasteiger partial charge in [0, 0.05) is 6.07 Å². The first-order valence-corrected chi connectivity index (χ1v) is 3.45. The van der Waals surface area contributed by atoms with Crippen LogP contribution in [0, 0.1) is 6.07 Å². The molecule has 0 spiro atoms. The van der Waals surface area contributed by atoms with Gasteiger partial charge in [-0.2, -0.15) is 0 Å². The molecule has 0 aromatic heterocycles. The van der Waals surface area contributed by atoms with Crippen molar-refractivity contribution in [2.45, 2.75) is 0 Å². The van der Waals surface area contributed by atoms with Gasteiger partial charge in [0.05, 0.1) is 14.2 Å². The maximum atomic E-state index is 5.83. The topological polar surface area (TPSA) is 18.5 Å². The summed E-state index contributed by atoms with van der Waals surface area (Å²) < 4.78 is 9.88. The molecule has 0 saturated heterocycles. The number of ether oxygens (including phenoxy) is 2. The number of rotatable bonds is 2. The van der Waals surface area contributed by atoms with Gasteiger partial charge in [0.1, 0.15) is 16.5 Å². The van der Waals surface area contributed by atoms with Gasteiger partial charge in [-0.1, -0.05) is 11.6 Å². The van der Waals surface area contributed by atoms with Gasteiger partial charge >= 0.3 is 0 Å². The average molecular weight is 172 g/mol. The molecule has 11 heavy (non-hydrogen) atoms. The molecule has 1 aromatic carbocycles. The zero-order valence-corrected chi connectivity index (χ0v) is 7.11. The SMILES string of the molecule is COc1[c]ccc(OC)c1Cl. The molecule has 0 atom stereocenters. The molecule has 0 bridgehead atoms. The molecule has 3 heteroatoms. The van der Waals surface area contributed by atoms with E-state index in [-0.39, 0.29) is 0 Å². The maximum Gasteiger partial charge on any atom is 0.149 e. The number of halogens is 1. The van der Waals surface area contributed by atoms with Crippen molar-refractivity contribution in [2.75, 3.05) is 14.2 Å². The zero-order chi connectivity index (χ0) is 8.27. The standard InChI is InChI=1S/C8H8ClO2/c1-10-6-4-3-5-7(11-2)8(6)9/h3-4H,1-2H3. The first-order valence-electron chi connectivity index (χ1n) is 3.07. The van der Waals surface area contributed by atoms with Crippen molar-refractivity contribution in [2.24, 2.45) is 0 Å². The van der Waals surface area contributed by atoms with Gasteiger partial charge in [-0.05, 0) is 12.1 Å². The molecule has 0 amide bonds. The average Bonchev–Trinajstić information content (AvgIpc) is 2.05. The fourth-order valence-corrected chi connectivity index (χ4v) is 1.02. The van der Waals surface area contributed by atoms with E-state index in [1.807, 2.05) is 0 Å². The largest absolute Gasteiger partial charge is 0.495 e. The molecule has 0 aliphatic carbocycles. The first kappa shape index (κ1) is 8.21. The van der Waals surface area contributed by atoms with Crippen LogP contribution in [-0.2, 0) is 0 Å². The van der Waals surface area contributed by atoms with Gasteiger partial charge in [0.25, 0.3) is 0 Å².